The number of aliphatic hydroxyl groups excluding tert-OH is 3. The van der Waals surface area contributed by atoms with Crippen LogP contribution in [0.1, 0.15) is 258 Å². The summed E-state index contributed by atoms with van der Waals surface area (Å²) in [5, 5.41) is 33.3. The van der Waals surface area contributed by atoms with Crippen LogP contribution >= 0.6 is 0 Å². The minimum absolute atomic E-state index is 0.00521. The first kappa shape index (κ1) is 54.6. The van der Waals surface area contributed by atoms with Gasteiger partial charge in [0.25, 0.3) is 0 Å². The van der Waals surface area contributed by atoms with Crippen molar-refractivity contribution in [2.75, 3.05) is 6.61 Å². The first-order chi connectivity index (χ1) is 27.5. The minimum atomic E-state index is -0.958. The van der Waals surface area contributed by atoms with Crippen molar-refractivity contribution in [2.24, 2.45) is 0 Å². The standard InChI is InChI=1S/C51H97NO4/c1-3-5-7-9-11-13-15-17-19-21-22-23-24-25-26-27-29-31-33-35-37-39-41-43-45-50(55)49(47-53)52-51(56)46-48(54)44-42-40-38-36-34-32-30-28-20-18-16-14-12-10-8-6-4-2/h27,29,35,37,43,45,48-50,53-55H,3-26,28,30-34,36,38-42,44,46-47H2,1-2H3,(H,52,56)/b29-27+,37-35+,45-43+. The van der Waals surface area contributed by atoms with Crippen LogP contribution in [-0.4, -0.2) is 46.1 Å². The molecular weight excluding hydrogens is 691 g/mol. The molecule has 0 saturated carbocycles. The lowest BCUT2D eigenvalue weighted by Crippen LogP contribution is -2.45. The van der Waals surface area contributed by atoms with Crippen LogP contribution in [0.4, 0.5) is 0 Å². The second kappa shape index (κ2) is 46.3. The maximum Gasteiger partial charge on any atom is 0.222 e. The monoisotopic (exact) mass is 788 g/mol. The zero-order valence-electron chi connectivity index (χ0n) is 37.5. The molecule has 3 atom stereocenters. The van der Waals surface area contributed by atoms with E-state index in [-0.39, 0.29) is 18.9 Å². The topological polar surface area (TPSA) is 89.8 Å². The number of hydrogen-bond acceptors (Lipinski definition) is 4. The van der Waals surface area contributed by atoms with E-state index in [0.29, 0.717) is 6.42 Å². The molecule has 5 nitrogen and oxygen atoms in total. The van der Waals surface area contributed by atoms with Gasteiger partial charge < -0.3 is 20.6 Å². The summed E-state index contributed by atoms with van der Waals surface area (Å²) in [6.45, 7) is 4.22. The number of carbonyl (C=O) groups is 1. The molecule has 0 spiro atoms. The number of aliphatic hydroxyl groups is 3. The van der Waals surface area contributed by atoms with Gasteiger partial charge >= 0.3 is 0 Å². The van der Waals surface area contributed by atoms with E-state index >= 15 is 0 Å². The minimum Gasteiger partial charge on any atom is -0.394 e. The van der Waals surface area contributed by atoms with Gasteiger partial charge in [-0.15, -0.1) is 0 Å². The van der Waals surface area contributed by atoms with Crippen molar-refractivity contribution in [1.82, 2.24) is 5.32 Å². The van der Waals surface area contributed by atoms with Crippen LogP contribution in [-0.2, 0) is 4.79 Å². The van der Waals surface area contributed by atoms with Crippen molar-refractivity contribution in [3.63, 3.8) is 0 Å². The first-order valence-corrected chi connectivity index (χ1v) is 24.8. The molecule has 0 aromatic rings. The maximum absolute atomic E-state index is 12.5. The van der Waals surface area contributed by atoms with Gasteiger partial charge in [0.05, 0.1) is 31.3 Å². The number of carbonyl (C=O) groups excluding carboxylic acids is 1. The molecule has 0 radical (unpaired) electrons. The lowest BCUT2D eigenvalue weighted by atomic mass is 10.0. The highest BCUT2D eigenvalue weighted by molar-refractivity contribution is 5.76. The average molecular weight is 788 g/mol. The number of amides is 1. The van der Waals surface area contributed by atoms with Crippen LogP contribution in [0.3, 0.4) is 0 Å². The molecule has 0 aliphatic rings. The quantitative estimate of drug-likeness (QED) is 0.0365. The van der Waals surface area contributed by atoms with E-state index in [2.05, 4.69) is 43.5 Å². The van der Waals surface area contributed by atoms with Gasteiger partial charge in [0, 0.05) is 0 Å². The second-order valence-electron chi connectivity index (χ2n) is 17.1. The summed E-state index contributed by atoms with van der Waals surface area (Å²) in [6.07, 6.45) is 58.8. The van der Waals surface area contributed by atoms with Gasteiger partial charge in [0.1, 0.15) is 0 Å². The number of nitrogens with one attached hydrogen (secondary N) is 1. The summed E-state index contributed by atoms with van der Waals surface area (Å²) in [7, 11) is 0. The van der Waals surface area contributed by atoms with Crippen molar-refractivity contribution >= 4 is 5.91 Å². The molecule has 0 bridgehead atoms. The normalized spacial score (nSPS) is 13.7. The Morgan fingerprint density at radius 2 is 0.768 bits per heavy atom. The second-order valence-corrected chi connectivity index (χ2v) is 17.1. The van der Waals surface area contributed by atoms with Crippen molar-refractivity contribution in [2.45, 2.75) is 276 Å². The summed E-state index contributed by atoms with van der Waals surface area (Å²) >= 11 is 0. The van der Waals surface area contributed by atoms with Crippen LogP contribution in [0.15, 0.2) is 36.5 Å². The summed E-state index contributed by atoms with van der Waals surface area (Å²) in [6, 6.07) is -0.766. The molecule has 0 heterocycles. The summed E-state index contributed by atoms with van der Waals surface area (Å²) < 4.78 is 0. The zero-order chi connectivity index (χ0) is 40.8. The highest BCUT2D eigenvalue weighted by Gasteiger charge is 2.20. The van der Waals surface area contributed by atoms with Gasteiger partial charge in [-0.3, -0.25) is 4.79 Å². The van der Waals surface area contributed by atoms with Crippen molar-refractivity contribution in [1.29, 1.82) is 0 Å². The van der Waals surface area contributed by atoms with Crippen molar-refractivity contribution < 1.29 is 20.1 Å². The molecule has 5 heteroatoms. The largest absolute Gasteiger partial charge is 0.394 e. The Balaban J connectivity index is 3.68. The fourth-order valence-electron chi connectivity index (χ4n) is 7.61. The van der Waals surface area contributed by atoms with Crippen LogP contribution in [0.2, 0.25) is 0 Å². The number of hydrogen-bond donors (Lipinski definition) is 4. The lowest BCUT2D eigenvalue weighted by molar-refractivity contribution is -0.124. The highest BCUT2D eigenvalue weighted by atomic mass is 16.3. The van der Waals surface area contributed by atoms with Gasteiger partial charge in [0.2, 0.25) is 5.91 Å². The number of unbranched alkanes of at least 4 members (excludes halogenated alkanes) is 32. The summed E-state index contributed by atoms with van der Waals surface area (Å²) in [5.41, 5.74) is 0. The Morgan fingerprint density at radius 1 is 0.446 bits per heavy atom. The molecule has 0 fully saturated rings. The third kappa shape index (κ3) is 42.2. The number of allylic oxidation sites excluding steroid dienone is 5. The van der Waals surface area contributed by atoms with E-state index in [1.807, 2.05) is 6.08 Å². The van der Waals surface area contributed by atoms with E-state index in [0.717, 1.165) is 38.5 Å². The van der Waals surface area contributed by atoms with E-state index in [4.69, 9.17) is 0 Å². The van der Waals surface area contributed by atoms with E-state index < -0.39 is 18.2 Å². The molecule has 0 rings (SSSR count). The van der Waals surface area contributed by atoms with Crippen molar-refractivity contribution in [3.8, 4) is 0 Å². The molecule has 1 amide bonds. The Hall–Kier alpha value is -1.43. The smallest absolute Gasteiger partial charge is 0.222 e. The fourth-order valence-corrected chi connectivity index (χ4v) is 7.61. The number of rotatable bonds is 45. The zero-order valence-corrected chi connectivity index (χ0v) is 37.5. The predicted octanol–water partition coefficient (Wildman–Crippen LogP) is 14.7. The van der Waals surface area contributed by atoms with Crippen molar-refractivity contribution in [3.05, 3.63) is 36.5 Å². The third-order valence-corrected chi connectivity index (χ3v) is 11.4. The maximum atomic E-state index is 12.5. The molecule has 0 aromatic heterocycles. The predicted molar refractivity (Wildman–Crippen MR) is 245 cm³/mol. The average Bonchev–Trinajstić information content (AvgIpc) is 3.19. The molecular formula is C51H97NO4. The molecule has 0 saturated heterocycles. The Morgan fingerprint density at radius 3 is 1.14 bits per heavy atom. The SMILES string of the molecule is CCCCCCCCCCCCCCCC/C=C/CC/C=C/CC/C=C/C(O)C(CO)NC(=O)CC(O)CCCCCCCCCCCCCCCCCCC. The summed E-state index contributed by atoms with van der Waals surface area (Å²) in [4.78, 5) is 12.5. The van der Waals surface area contributed by atoms with Gasteiger partial charge in [-0.1, -0.05) is 243 Å². The fraction of sp³-hybridized carbons (Fsp3) is 0.863. The molecule has 4 N–H and O–H groups in total. The van der Waals surface area contributed by atoms with Crippen LogP contribution in [0.25, 0.3) is 0 Å². The molecule has 0 aliphatic carbocycles. The highest BCUT2D eigenvalue weighted by Crippen LogP contribution is 2.16. The van der Waals surface area contributed by atoms with Gasteiger partial charge in [-0.05, 0) is 44.9 Å². The van der Waals surface area contributed by atoms with Gasteiger partial charge in [-0.25, -0.2) is 0 Å². The van der Waals surface area contributed by atoms with Crippen LogP contribution in [0.5, 0.6) is 0 Å². The van der Waals surface area contributed by atoms with Gasteiger partial charge in [-0.2, -0.15) is 0 Å². The Labute approximate surface area is 349 Å². The molecule has 0 aliphatic heterocycles. The Kier molecular flexibility index (Phi) is 45.1. The molecule has 3 unspecified atom stereocenters. The van der Waals surface area contributed by atoms with E-state index in [1.165, 1.54) is 193 Å². The Bertz CT molecular complexity index is 870. The van der Waals surface area contributed by atoms with Gasteiger partial charge in [0.15, 0.2) is 0 Å². The first-order valence-electron chi connectivity index (χ1n) is 24.8. The molecule has 0 aromatic carbocycles. The summed E-state index contributed by atoms with van der Waals surface area (Å²) in [5.74, 6) is -0.326. The van der Waals surface area contributed by atoms with E-state index in [1.54, 1.807) is 6.08 Å². The molecule has 330 valence electrons. The van der Waals surface area contributed by atoms with E-state index in [9.17, 15) is 20.1 Å². The van der Waals surface area contributed by atoms with Crippen LogP contribution in [0, 0.1) is 0 Å². The lowest BCUT2D eigenvalue weighted by Gasteiger charge is -2.21. The third-order valence-electron chi connectivity index (χ3n) is 11.4. The van der Waals surface area contributed by atoms with Crippen LogP contribution < -0.4 is 5.32 Å². The molecule has 56 heavy (non-hydrogen) atoms.